The van der Waals surface area contributed by atoms with Crippen molar-refractivity contribution in [1.29, 1.82) is 0 Å². The molecular formula is C20H20O2. The summed E-state index contributed by atoms with van der Waals surface area (Å²) in [6.07, 6.45) is 7.53. The Kier molecular flexibility index (Phi) is 5.73. The van der Waals surface area contributed by atoms with Crippen molar-refractivity contribution in [2.75, 3.05) is 7.11 Å². The van der Waals surface area contributed by atoms with Gasteiger partial charge in [-0.1, -0.05) is 73.7 Å². The summed E-state index contributed by atoms with van der Waals surface area (Å²) in [4.78, 5) is 11.3. The van der Waals surface area contributed by atoms with Gasteiger partial charge >= 0.3 is 5.97 Å². The van der Waals surface area contributed by atoms with Crippen LogP contribution in [0, 0.1) is 0 Å². The molecular weight excluding hydrogens is 272 g/mol. The van der Waals surface area contributed by atoms with Crippen molar-refractivity contribution in [1.82, 2.24) is 0 Å². The predicted octanol–water partition coefficient (Wildman–Crippen LogP) is 4.69. The van der Waals surface area contributed by atoms with Crippen LogP contribution in [0.2, 0.25) is 0 Å². The monoisotopic (exact) mass is 292 g/mol. The Hall–Kier alpha value is -2.61. The summed E-state index contributed by atoms with van der Waals surface area (Å²) in [5.41, 5.74) is 3.38. The lowest BCUT2D eigenvalue weighted by Crippen LogP contribution is -1.96. The fourth-order valence-electron chi connectivity index (χ4n) is 2.23. The minimum atomic E-state index is -0.345. The summed E-state index contributed by atoms with van der Waals surface area (Å²) in [6.45, 7) is 2.14. The number of carbonyl (C=O) groups excluding carboxylic acids is 1. The largest absolute Gasteiger partial charge is 0.466 e. The molecule has 2 aromatic carbocycles. The third-order valence-corrected chi connectivity index (χ3v) is 3.46. The lowest BCUT2D eigenvalue weighted by molar-refractivity contribution is -0.134. The first-order valence-corrected chi connectivity index (χ1v) is 7.29. The molecule has 0 N–H and O–H groups in total. The number of methoxy groups -OCH3 is 1. The van der Waals surface area contributed by atoms with Crippen molar-refractivity contribution in [3.63, 3.8) is 0 Å². The highest BCUT2D eigenvalue weighted by molar-refractivity contribution is 5.87. The van der Waals surface area contributed by atoms with E-state index in [0.29, 0.717) is 0 Å². The minimum Gasteiger partial charge on any atom is -0.466 e. The summed E-state index contributed by atoms with van der Waals surface area (Å²) >= 11 is 0. The van der Waals surface area contributed by atoms with E-state index in [-0.39, 0.29) is 11.9 Å². The summed E-state index contributed by atoms with van der Waals surface area (Å²) in [5.74, 6) is -0.0963. The van der Waals surface area contributed by atoms with Gasteiger partial charge in [0.25, 0.3) is 0 Å². The average molecular weight is 292 g/mol. The Labute approximate surface area is 131 Å². The summed E-state index contributed by atoms with van der Waals surface area (Å²) in [6, 6.07) is 18.3. The normalized spacial score (nSPS) is 12.6. The predicted molar refractivity (Wildman–Crippen MR) is 91.4 cm³/mol. The Bertz CT molecular complexity index is 669. The third kappa shape index (κ3) is 4.45. The van der Waals surface area contributed by atoms with Crippen LogP contribution in [0.5, 0.6) is 0 Å². The number of allylic oxidation sites excluding steroid dienone is 1. The Balaban J connectivity index is 2.19. The summed E-state index contributed by atoms with van der Waals surface area (Å²) < 4.78 is 4.64. The van der Waals surface area contributed by atoms with Crippen LogP contribution in [-0.2, 0) is 9.53 Å². The molecule has 0 heterocycles. The van der Waals surface area contributed by atoms with E-state index >= 15 is 0 Å². The molecule has 0 fully saturated rings. The molecule has 0 radical (unpaired) electrons. The van der Waals surface area contributed by atoms with E-state index in [0.717, 1.165) is 5.56 Å². The van der Waals surface area contributed by atoms with E-state index in [1.807, 2.05) is 36.4 Å². The van der Waals surface area contributed by atoms with Crippen molar-refractivity contribution in [2.45, 2.75) is 12.8 Å². The van der Waals surface area contributed by atoms with Crippen molar-refractivity contribution in [2.24, 2.45) is 0 Å². The zero-order chi connectivity index (χ0) is 15.8. The van der Waals surface area contributed by atoms with Gasteiger partial charge < -0.3 is 4.74 Å². The molecule has 0 spiro atoms. The van der Waals surface area contributed by atoms with E-state index < -0.39 is 0 Å². The maximum absolute atomic E-state index is 11.3. The quantitative estimate of drug-likeness (QED) is 0.590. The van der Waals surface area contributed by atoms with Gasteiger partial charge in [-0.05, 0) is 28.7 Å². The molecule has 2 nitrogen and oxygen atoms in total. The highest BCUT2D eigenvalue weighted by atomic mass is 16.5. The molecule has 0 saturated heterocycles. The van der Waals surface area contributed by atoms with Crippen LogP contribution < -0.4 is 0 Å². The number of hydrogen-bond donors (Lipinski definition) is 0. The van der Waals surface area contributed by atoms with E-state index in [1.54, 1.807) is 6.08 Å². The van der Waals surface area contributed by atoms with E-state index in [9.17, 15) is 4.79 Å². The SMILES string of the molecule is COC(=O)/C=C/c1ccccc1[C@H](C)/C=C/c1ccccc1. The van der Waals surface area contributed by atoms with Gasteiger partial charge in [0, 0.05) is 6.08 Å². The van der Waals surface area contributed by atoms with Gasteiger partial charge in [-0.2, -0.15) is 0 Å². The zero-order valence-electron chi connectivity index (χ0n) is 12.9. The van der Waals surface area contributed by atoms with Crippen LogP contribution in [0.25, 0.3) is 12.2 Å². The molecule has 1 atom stereocenters. The topological polar surface area (TPSA) is 26.3 Å². The highest BCUT2D eigenvalue weighted by Crippen LogP contribution is 2.23. The molecule has 2 heteroatoms. The van der Waals surface area contributed by atoms with Crippen LogP contribution in [0.1, 0.15) is 29.5 Å². The highest BCUT2D eigenvalue weighted by Gasteiger charge is 2.06. The number of ether oxygens (including phenoxy) is 1. The smallest absolute Gasteiger partial charge is 0.330 e. The first-order valence-electron chi connectivity index (χ1n) is 7.29. The molecule has 0 unspecified atom stereocenters. The maximum Gasteiger partial charge on any atom is 0.330 e. The molecule has 22 heavy (non-hydrogen) atoms. The van der Waals surface area contributed by atoms with Crippen molar-refractivity contribution in [3.05, 3.63) is 83.4 Å². The Morgan fingerprint density at radius 1 is 1.00 bits per heavy atom. The van der Waals surface area contributed by atoms with Crippen LogP contribution in [0.3, 0.4) is 0 Å². The van der Waals surface area contributed by atoms with Gasteiger partial charge in [-0.3, -0.25) is 0 Å². The zero-order valence-corrected chi connectivity index (χ0v) is 12.9. The van der Waals surface area contributed by atoms with Gasteiger partial charge in [0.1, 0.15) is 0 Å². The molecule has 0 amide bonds. The van der Waals surface area contributed by atoms with Crippen molar-refractivity contribution < 1.29 is 9.53 Å². The van der Waals surface area contributed by atoms with Gasteiger partial charge in [-0.15, -0.1) is 0 Å². The maximum atomic E-state index is 11.3. The van der Waals surface area contributed by atoms with Crippen LogP contribution in [0.4, 0.5) is 0 Å². The summed E-state index contributed by atoms with van der Waals surface area (Å²) in [5, 5.41) is 0. The standard InChI is InChI=1S/C20H20O2/c1-16(12-13-17-8-4-3-5-9-17)19-11-7-6-10-18(19)14-15-20(21)22-2/h3-16H,1-2H3/b13-12+,15-14+/t16-/m1/s1. The van der Waals surface area contributed by atoms with Gasteiger partial charge in [0.15, 0.2) is 0 Å². The van der Waals surface area contributed by atoms with E-state index in [1.165, 1.54) is 24.3 Å². The van der Waals surface area contributed by atoms with Crippen LogP contribution >= 0.6 is 0 Å². The van der Waals surface area contributed by atoms with E-state index in [2.05, 4.69) is 42.0 Å². The number of carbonyl (C=O) groups is 1. The van der Waals surface area contributed by atoms with E-state index in [4.69, 9.17) is 0 Å². The average Bonchev–Trinajstić information content (AvgIpc) is 2.58. The summed E-state index contributed by atoms with van der Waals surface area (Å²) in [7, 11) is 1.38. The number of benzene rings is 2. The van der Waals surface area contributed by atoms with Crippen molar-refractivity contribution in [3.8, 4) is 0 Å². The Morgan fingerprint density at radius 2 is 1.68 bits per heavy atom. The number of rotatable bonds is 5. The third-order valence-electron chi connectivity index (χ3n) is 3.46. The molecule has 2 rings (SSSR count). The number of hydrogen-bond acceptors (Lipinski definition) is 2. The number of esters is 1. The first-order chi connectivity index (χ1) is 10.7. The molecule has 0 saturated carbocycles. The second kappa shape index (κ2) is 7.99. The molecule has 0 aromatic heterocycles. The lowest BCUT2D eigenvalue weighted by atomic mass is 9.94. The molecule has 2 aromatic rings. The molecule has 0 aliphatic rings. The fraction of sp³-hybridized carbons (Fsp3) is 0.150. The van der Waals surface area contributed by atoms with Gasteiger partial charge in [-0.25, -0.2) is 4.79 Å². The van der Waals surface area contributed by atoms with Gasteiger partial charge in [0.2, 0.25) is 0 Å². The molecule has 0 bridgehead atoms. The molecule has 0 aliphatic heterocycles. The lowest BCUT2D eigenvalue weighted by Gasteiger charge is -2.10. The van der Waals surface area contributed by atoms with Gasteiger partial charge in [0.05, 0.1) is 7.11 Å². The fourth-order valence-corrected chi connectivity index (χ4v) is 2.23. The second-order valence-electron chi connectivity index (χ2n) is 5.04. The first kappa shape index (κ1) is 15.8. The molecule has 0 aliphatic carbocycles. The van der Waals surface area contributed by atoms with Crippen LogP contribution in [0.15, 0.2) is 66.7 Å². The second-order valence-corrected chi connectivity index (χ2v) is 5.04. The minimum absolute atomic E-state index is 0.249. The van der Waals surface area contributed by atoms with Crippen molar-refractivity contribution >= 4 is 18.1 Å². The molecule has 112 valence electrons. The van der Waals surface area contributed by atoms with Crippen LogP contribution in [-0.4, -0.2) is 13.1 Å². The Morgan fingerprint density at radius 3 is 2.41 bits per heavy atom.